The fraction of sp³-hybridized carbons (Fsp3) is 0.130. The summed E-state index contributed by atoms with van der Waals surface area (Å²) in [4.78, 5) is 12.5. The highest BCUT2D eigenvalue weighted by atomic mass is 35.5. The number of benzene rings is 2. The number of carbonyl (C=O) groups excluding carboxylic acids is 1. The van der Waals surface area contributed by atoms with Gasteiger partial charge in [-0.05, 0) is 31.2 Å². The Labute approximate surface area is 206 Å². The lowest BCUT2D eigenvalue weighted by molar-refractivity contribution is 0.0991. The molecule has 0 spiro atoms. The van der Waals surface area contributed by atoms with Crippen LogP contribution in [0, 0.1) is 30.2 Å². The number of furan rings is 1. The summed E-state index contributed by atoms with van der Waals surface area (Å²) in [6.07, 6.45) is 0. The minimum Gasteiger partial charge on any atom is -0.479 e. The summed E-state index contributed by atoms with van der Waals surface area (Å²) in [6, 6.07) is 9.43. The maximum absolute atomic E-state index is 13.7. The van der Waals surface area contributed by atoms with Crippen LogP contribution in [0.25, 0.3) is 0 Å². The maximum Gasteiger partial charge on any atom is 0.292 e. The van der Waals surface area contributed by atoms with Crippen LogP contribution in [-0.2, 0) is 13.2 Å². The van der Waals surface area contributed by atoms with E-state index in [0.717, 1.165) is 5.69 Å². The third kappa shape index (κ3) is 5.28. The smallest absolute Gasteiger partial charge is 0.292 e. The Morgan fingerprint density at radius 2 is 1.71 bits per heavy atom. The second-order valence-corrected chi connectivity index (χ2v) is 8.15. The molecule has 2 heterocycles. The van der Waals surface area contributed by atoms with Crippen LogP contribution in [0.1, 0.15) is 27.6 Å². The zero-order valence-electron chi connectivity index (χ0n) is 17.8. The van der Waals surface area contributed by atoms with Crippen LogP contribution in [0.4, 0.5) is 23.4 Å². The van der Waals surface area contributed by atoms with Gasteiger partial charge in [-0.3, -0.25) is 9.48 Å². The average Bonchev–Trinajstić information content (AvgIpc) is 3.41. The molecule has 4 rings (SSSR count). The number of nitrogens with one attached hydrogen (secondary N) is 1. The Balaban J connectivity index is 1.42. The highest BCUT2D eigenvalue weighted by molar-refractivity contribution is 6.35. The fourth-order valence-corrected chi connectivity index (χ4v) is 3.66. The van der Waals surface area contributed by atoms with E-state index in [4.69, 9.17) is 32.4 Å². The van der Waals surface area contributed by atoms with Gasteiger partial charge >= 0.3 is 0 Å². The van der Waals surface area contributed by atoms with Crippen molar-refractivity contribution in [2.75, 3.05) is 5.32 Å². The number of hydrogen-bond donors (Lipinski definition) is 1. The number of carbonyl (C=O) groups is 1. The Morgan fingerprint density at radius 1 is 1.06 bits per heavy atom. The van der Waals surface area contributed by atoms with Gasteiger partial charge in [-0.15, -0.1) is 0 Å². The number of ether oxygens (including phenoxy) is 1. The van der Waals surface area contributed by atoms with Crippen LogP contribution in [0.15, 0.2) is 46.9 Å². The number of rotatable bonds is 7. The number of nitrogens with zero attached hydrogens (tertiary/aromatic N) is 2. The summed E-state index contributed by atoms with van der Waals surface area (Å²) in [7, 11) is 0. The monoisotopic (exact) mass is 527 g/mol. The summed E-state index contributed by atoms with van der Waals surface area (Å²) in [5.41, 5.74) is 1.39. The Morgan fingerprint density at radius 3 is 2.37 bits per heavy atom. The molecule has 0 saturated heterocycles. The van der Waals surface area contributed by atoms with Gasteiger partial charge in [0.25, 0.3) is 5.91 Å². The van der Waals surface area contributed by atoms with E-state index in [9.17, 15) is 22.4 Å². The van der Waals surface area contributed by atoms with E-state index in [1.54, 1.807) is 35.9 Å². The quantitative estimate of drug-likeness (QED) is 0.219. The predicted molar refractivity (Wildman–Crippen MR) is 120 cm³/mol. The lowest BCUT2D eigenvalue weighted by Gasteiger charge is -2.08. The molecule has 0 fully saturated rings. The van der Waals surface area contributed by atoms with Crippen molar-refractivity contribution in [2.45, 2.75) is 20.1 Å². The van der Waals surface area contributed by atoms with E-state index in [1.165, 1.54) is 12.1 Å². The van der Waals surface area contributed by atoms with Crippen molar-refractivity contribution in [1.82, 2.24) is 9.78 Å². The molecule has 1 N–H and O–H groups in total. The second kappa shape index (κ2) is 10.0. The molecule has 1 amide bonds. The first-order valence-electron chi connectivity index (χ1n) is 9.97. The molecule has 0 atom stereocenters. The number of amides is 1. The summed E-state index contributed by atoms with van der Waals surface area (Å²) in [5.74, 6) is -8.42. The molecule has 0 aliphatic rings. The van der Waals surface area contributed by atoms with E-state index >= 15 is 0 Å². The van der Waals surface area contributed by atoms with Gasteiger partial charge in [-0.25, -0.2) is 8.78 Å². The lowest BCUT2D eigenvalue weighted by atomic mass is 10.2. The molecule has 0 saturated carbocycles. The number of halogens is 6. The Kier molecular flexibility index (Phi) is 7.04. The highest BCUT2D eigenvalue weighted by Gasteiger charge is 2.21. The number of hydrogen-bond acceptors (Lipinski definition) is 4. The Bertz CT molecular complexity index is 1380. The van der Waals surface area contributed by atoms with Crippen LogP contribution in [0.5, 0.6) is 5.75 Å². The molecule has 35 heavy (non-hydrogen) atoms. The molecule has 0 unspecified atom stereocenters. The molecule has 4 aromatic rings. The highest BCUT2D eigenvalue weighted by Crippen LogP contribution is 2.28. The van der Waals surface area contributed by atoms with E-state index in [2.05, 4.69) is 10.4 Å². The van der Waals surface area contributed by atoms with Crippen LogP contribution in [0.2, 0.25) is 10.0 Å². The molecule has 182 valence electrons. The van der Waals surface area contributed by atoms with Crippen LogP contribution in [-0.4, -0.2) is 15.7 Å². The third-order valence-electron chi connectivity index (χ3n) is 4.91. The third-order valence-corrected chi connectivity index (χ3v) is 5.62. The zero-order valence-corrected chi connectivity index (χ0v) is 19.4. The van der Waals surface area contributed by atoms with Gasteiger partial charge in [0, 0.05) is 33.4 Å². The molecule has 12 heteroatoms. The molecule has 0 bridgehead atoms. The van der Waals surface area contributed by atoms with Crippen molar-refractivity contribution < 1.29 is 31.5 Å². The van der Waals surface area contributed by atoms with Gasteiger partial charge < -0.3 is 14.5 Å². The van der Waals surface area contributed by atoms with Crippen LogP contribution >= 0.6 is 23.2 Å². The van der Waals surface area contributed by atoms with Crippen molar-refractivity contribution in [1.29, 1.82) is 0 Å². The van der Waals surface area contributed by atoms with Crippen molar-refractivity contribution in [3.63, 3.8) is 0 Å². The molecular weight excluding hydrogens is 513 g/mol. The largest absolute Gasteiger partial charge is 0.479 e. The van der Waals surface area contributed by atoms with Crippen molar-refractivity contribution in [3.05, 3.63) is 98.6 Å². The molecule has 6 nitrogen and oxygen atoms in total. The molecule has 2 aromatic carbocycles. The molecule has 0 aliphatic heterocycles. The molecule has 0 aliphatic carbocycles. The molecular formula is C23H15Cl2F4N3O3. The maximum atomic E-state index is 13.7. The van der Waals surface area contributed by atoms with Crippen molar-refractivity contribution in [2.24, 2.45) is 0 Å². The first kappa shape index (κ1) is 24.6. The second-order valence-electron chi connectivity index (χ2n) is 7.33. The van der Waals surface area contributed by atoms with Crippen LogP contribution < -0.4 is 10.1 Å². The van der Waals surface area contributed by atoms with E-state index in [0.29, 0.717) is 15.6 Å². The topological polar surface area (TPSA) is 69.3 Å². The van der Waals surface area contributed by atoms with Gasteiger partial charge in [-0.1, -0.05) is 29.3 Å². The Hall–Kier alpha value is -3.50. The average molecular weight is 528 g/mol. The number of aryl methyl sites for hydroxylation is 1. The fourth-order valence-electron chi connectivity index (χ4n) is 3.14. The summed E-state index contributed by atoms with van der Waals surface area (Å²) in [6.45, 7) is 1.47. The summed E-state index contributed by atoms with van der Waals surface area (Å²) < 4.78 is 65.8. The van der Waals surface area contributed by atoms with Gasteiger partial charge in [0.05, 0.1) is 6.54 Å². The summed E-state index contributed by atoms with van der Waals surface area (Å²) >= 11 is 12.4. The SMILES string of the molecule is Cc1cc(NC(=O)c2ccc(COc3c(F)c(F)cc(F)c3F)o2)nn1Cc1c(Cl)cccc1Cl. The molecule has 2 aromatic heterocycles. The first-order chi connectivity index (χ1) is 16.6. The van der Waals surface area contributed by atoms with Gasteiger partial charge in [-0.2, -0.15) is 13.9 Å². The summed E-state index contributed by atoms with van der Waals surface area (Å²) in [5, 5.41) is 7.83. The lowest BCUT2D eigenvalue weighted by Crippen LogP contribution is -2.12. The normalized spacial score (nSPS) is 11.1. The number of anilines is 1. The standard InChI is InChI=1S/C23H15Cl2F4N3O3/c1-11-7-19(31-32(11)9-13-14(24)3-2-4-15(13)25)30-23(33)18-6-5-12(35-18)10-34-22-20(28)16(26)8-17(27)21(22)29/h2-8H,9-10H2,1H3,(H,30,31,33). The first-order valence-corrected chi connectivity index (χ1v) is 10.7. The zero-order chi connectivity index (χ0) is 25.3. The number of aromatic nitrogens is 2. The van der Waals surface area contributed by atoms with E-state index in [-0.39, 0.29) is 29.9 Å². The molecule has 0 radical (unpaired) electrons. The minimum atomic E-state index is -1.68. The van der Waals surface area contributed by atoms with Crippen molar-refractivity contribution >= 4 is 34.9 Å². The van der Waals surface area contributed by atoms with Crippen LogP contribution in [0.3, 0.4) is 0 Å². The minimum absolute atomic E-state index is 0.0197. The van der Waals surface area contributed by atoms with Gasteiger partial charge in [0.1, 0.15) is 12.4 Å². The predicted octanol–water partition coefficient (Wildman–Crippen LogP) is 6.53. The van der Waals surface area contributed by atoms with E-state index < -0.39 is 41.5 Å². The van der Waals surface area contributed by atoms with Gasteiger partial charge in [0.2, 0.25) is 11.6 Å². The van der Waals surface area contributed by atoms with Crippen molar-refractivity contribution in [3.8, 4) is 5.75 Å². The van der Waals surface area contributed by atoms with E-state index in [1.807, 2.05) is 0 Å². The van der Waals surface area contributed by atoms with Gasteiger partial charge in [0.15, 0.2) is 29.0 Å².